The van der Waals surface area contributed by atoms with E-state index in [4.69, 9.17) is 40.0 Å². The molecular weight excluding hydrogens is 668 g/mol. The molecule has 0 unspecified atom stereocenters. The third-order valence-electron chi connectivity index (χ3n) is 7.76. The molecule has 1 N–H and O–H groups in total. The summed E-state index contributed by atoms with van der Waals surface area (Å²) in [5.74, 6) is -5.44. The fraction of sp³-hybridized carbons (Fsp3) is 0.371. The SMILES string of the molecule is CC(=O)Oc1cc2c(cc1F)C1(OC(=O)c3ccc(C(=O)NCCOCCOCCCCCCCl)cc31)c1cc(F)c(OC(C)=O)cc1O2. The van der Waals surface area contributed by atoms with Crippen molar-refractivity contribution in [1.82, 2.24) is 5.32 Å². The molecule has 0 saturated carbocycles. The molecule has 11 nitrogen and oxygen atoms in total. The number of fused-ring (bicyclic) bond motifs is 6. The van der Waals surface area contributed by atoms with Gasteiger partial charge in [-0.2, -0.15) is 0 Å². The van der Waals surface area contributed by atoms with Gasteiger partial charge in [0, 0.05) is 56.1 Å². The lowest BCUT2D eigenvalue weighted by Gasteiger charge is -2.37. The lowest BCUT2D eigenvalue weighted by Crippen LogP contribution is -2.34. The van der Waals surface area contributed by atoms with Gasteiger partial charge in [0.1, 0.15) is 11.5 Å². The third kappa shape index (κ3) is 7.85. The molecule has 0 aromatic heterocycles. The Morgan fingerprint density at radius 2 is 1.37 bits per heavy atom. The molecule has 0 radical (unpaired) electrons. The van der Waals surface area contributed by atoms with Gasteiger partial charge in [0.2, 0.25) is 0 Å². The van der Waals surface area contributed by atoms with E-state index >= 15 is 8.78 Å². The maximum Gasteiger partial charge on any atom is 0.340 e. The van der Waals surface area contributed by atoms with Gasteiger partial charge in [-0.15, -0.1) is 11.6 Å². The fourth-order valence-electron chi connectivity index (χ4n) is 5.64. The van der Waals surface area contributed by atoms with Crippen molar-refractivity contribution in [2.24, 2.45) is 0 Å². The van der Waals surface area contributed by atoms with Gasteiger partial charge in [-0.1, -0.05) is 12.8 Å². The predicted molar refractivity (Wildman–Crippen MR) is 170 cm³/mol. The molecule has 49 heavy (non-hydrogen) atoms. The summed E-state index contributed by atoms with van der Waals surface area (Å²) >= 11 is 5.67. The van der Waals surface area contributed by atoms with Gasteiger partial charge >= 0.3 is 17.9 Å². The van der Waals surface area contributed by atoms with Gasteiger partial charge in [-0.3, -0.25) is 14.4 Å². The van der Waals surface area contributed by atoms with E-state index in [2.05, 4.69) is 5.32 Å². The summed E-state index contributed by atoms with van der Waals surface area (Å²) in [5.41, 5.74) is -1.88. The number of amides is 1. The highest BCUT2D eigenvalue weighted by atomic mass is 35.5. The summed E-state index contributed by atoms with van der Waals surface area (Å²) in [4.78, 5) is 49.8. The van der Waals surface area contributed by atoms with E-state index in [1.807, 2.05) is 0 Å². The summed E-state index contributed by atoms with van der Waals surface area (Å²) in [5, 5.41) is 2.75. The molecule has 0 saturated heterocycles. The molecule has 3 aromatic rings. The number of hydrogen-bond donors (Lipinski definition) is 1. The van der Waals surface area contributed by atoms with E-state index in [0.717, 1.165) is 63.8 Å². The zero-order valence-corrected chi connectivity index (χ0v) is 27.6. The maximum absolute atomic E-state index is 15.4. The largest absolute Gasteiger partial charge is 0.456 e. The number of unbranched alkanes of at least 4 members (excludes halogenated alkanes) is 3. The zero-order chi connectivity index (χ0) is 35.1. The second-order valence-electron chi connectivity index (χ2n) is 11.3. The first kappa shape index (κ1) is 35.7. The molecular formula is C35H34ClF2NO10. The Kier molecular flexibility index (Phi) is 11.5. The summed E-state index contributed by atoms with van der Waals surface area (Å²) in [7, 11) is 0. The second-order valence-corrected chi connectivity index (χ2v) is 11.6. The smallest absolute Gasteiger partial charge is 0.340 e. The summed E-state index contributed by atoms with van der Waals surface area (Å²) in [6.07, 6.45) is 4.06. The molecule has 2 aliphatic heterocycles. The number of hydrogen-bond acceptors (Lipinski definition) is 10. The highest BCUT2D eigenvalue weighted by molar-refractivity contribution is 6.17. The van der Waals surface area contributed by atoms with Gasteiger partial charge < -0.3 is 33.7 Å². The quantitative estimate of drug-likeness (QED) is 0.0877. The number of carbonyl (C=O) groups is 4. The van der Waals surface area contributed by atoms with Crippen molar-refractivity contribution in [2.45, 2.75) is 45.1 Å². The summed E-state index contributed by atoms with van der Waals surface area (Å²) in [6.45, 7) is 3.96. The Balaban J connectivity index is 1.39. The van der Waals surface area contributed by atoms with Crippen LogP contribution >= 0.6 is 11.6 Å². The average Bonchev–Trinajstić information content (AvgIpc) is 3.34. The Morgan fingerprint density at radius 1 is 0.776 bits per heavy atom. The van der Waals surface area contributed by atoms with E-state index in [1.165, 1.54) is 18.2 Å². The van der Waals surface area contributed by atoms with Crippen molar-refractivity contribution < 1.29 is 56.4 Å². The van der Waals surface area contributed by atoms with Crippen LogP contribution in [0.25, 0.3) is 0 Å². The minimum Gasteiger partial charge on any atom is -0.456 e. The number of alkyl halides is 1. The van der Waals surface area contributed by atoms with Crippen LogP contribution in [0.5, 0.6) is 23.0 Å². The lowest BCUT2D eigenvalue weighted by atomic mass is 9.77. The van der Waals surface area contributed by atoms with E-state index in [-0.39, 0.29) is 52.5 Å². The average molecular weight is 702 g/mol. The molecule has 5 rings (SSSR count). The van der Waals surface area contributed by atoms with Gasteiger partial charge in [-0.25, -0.2) is 13.6 Å². The summed E-state index contributed by atoms with van der Waals surface area (Å²) in [6, 6.07) is 8.27. The zero-order valence-electron chi connectivity index (χ0n) is 26.8. The molecule has 0 atom stereocenters. The van der Waals surface area contributed by atoms with Crippen molar-refractivity contribution in [2.75, 3.05) is 38.9 Å². The standard InChI is InChI=1S/C35H34ClF2NO10/c1-20(40)46-31-18-29-25(16-27(31)37)35(26-17-28(38)32(47-21(2)41)19-30(26)48-29)24-15-22(7-8-23(24)34(43)49-35)33(42)39-10-12-45-14-13-44-11-6-4-3-5-9-36/h7-8,15-19H,3-6,9-14H2,1-2H3,(H,39,42). The molecule has 0 fully saturated rings. The Morgan fingerprint density at radius 3 is 1.96 bits per heavy atom. The number of benzene rings is 3. The second kappa shape index (κ2) is 15.7. The van der Waals surface area contributed by atoms with Crippen molar-refractivity contribution >= 4 is 35.4 Å². The van der Waals surface area contributed by atoms with Gasteiger partial charge in [-0.05, 0) is 43.2 Å². The monoisotopic (exact) mass is 701 g/mol. The van der Waals surface area contributed by atoms with Crippen LogP contribution in [-0.2, 0) is 29.4 Å². The normalized spacial score (nSPS) is 13.5. The number of ether oxygens (including phenoxy) is 6. The van der Waals surface area contributed by atoms with Crippen molar-refractivity contribution in [3.63, 3.8) is 0 Å². The Labute approximate surface area is 285 Å². The summed E-state index contributed by atoms with van der Waals surface area (Å²) < 4.78 is 63.7. The van der Waals surface area contributed by atoms with Crippen LogP contribution in [0.15, 0.2) is 42.5 Å². The van der Waals surface area contributed by atoms with E-state index in [9.17, 15) is 19.2 Å². The topological polar surface area (TPSA) is 136 Å². The third-order valence-corrected chi connectivity index (χ3v) is 8.02. The van der Waals surface area contributed by atoms with E-state index in [0.29, 0.717) is 25.7 Å². The first-order chi connectivity index (χ1) is 23.5. The van der Waals surface area contributed by atoms with Crippen LogP contribution in [0.1, 0.15) is 76.9 Å². The van der Waals surface area contributed by atoms with Crippen LogP contribution in [0.4, 0.5) is 8.78 Å². The number of halogens is 3. The molecule has 1 amide bonds. The van der Waals surface area contributed by atoms with Crippen LogP contribution in [0, 0.1) is 11.6 Å². The number of nitrogens with one attached hydrogen (secondary N) is 1. The maximum atomic E-state index is 15.4. The minimum absolute atomic E-state index is 0.0340. The van der Waals surface area contributed by atoms with Crippen molar-refractivity contribution in [3.05, 3.63) is 81.9 Å². The molecule has 1 spiro atoms. The molecule has 2 heterocycles. The molecule has 14 heteroatoms. The van der Waals surface area contributed by atoms with Crippen LogP contribution in [0.3, 0.4) is 0 Å². The fourth-order valence-corrected chi connectivity index (χ4v) is 5.82. The predicted octanol–water partition coefficient (Wildman–Crippen LogP) is 5.95. The molecule has 260 valence electrons. The van der Waals surface area contributed by atoms with Gasteiger partial charge in [0.15, 0.2) is 28.7 Å². The van der Waals surface area contributed by atoms with Crippen LogP contribution in [0.2, 0.25) is 0 Å². The van der Waals surface area contributed by atoms with Gasteiger partial charge in [0.25, 0.3) is 5.91 Å². The van der Waals surface area contributed by atoms with Crippen molar-refractivity contribution in [1.29, 1.82) is 0 Å². The highest BCUT2D eigenvalue weighted by Gasteiger charge is 2.54. The molecule has 2 aliphatic rings. The first-order valence-corrected chi connectivity index (χ1v) is 16.2. The lowest BCUT2D eigenvalue weighted by molar-refractivity contribution is -0.133. The van der Waals surface area contributed by atoms with E-state index < -0.39 is 52.5 Å². The molecule has 0 bridgehead atoms. The minimum atomic E-state index is -2.01. The van der Waals surface area contributed by atoms with Crippen molar-refractivity contribution in [3.8, 4) is 23.0 Å². The van der Waals surface area contributed by atoms with Crippen LogP contribution in [-0.4, -0.2) is 62.7 Å². The van der Waals surface area contributed by atoms with Gasteiger partial charge in [0.05, 0.1) is 36.5 Å². The number of esters is 3. The number of rotatable bonds is 15. The Hall–Kier alpha value is -4.59. The molecule has 0 aliphatic carbocycles. The molecule has 3 aromatic carbocycles. The highest BCUT2D eigenvalue weighted by Crippen LogP contribution is 2.58. The first-order valence-electron chi connectivity index (χ1n) is 15.7. The number of carbonyl (C=O) groups excluding carboxylic acids is 4. The Bertz CT molecular complexity index is 1690. The van der Waals surface area contributed by atoms with Crippen LogP contribution < -0.4 is 19.5 Å². The van der Waals surface area contributed by atoms with E-state index in [1.54, 1.807) is 0 Å².